The number of anilines is 1. The van der Waals surface area contributed by atoms with Gasteiger partial charge in [-0.1, -0.05) is 13.8 Å². The molecule has 90 valence electrons. The number of nitrogens with zero attached hydrogens (tertiary/aromatic N) is 1. The molecule has 0 aliphatic heterocycles. The molecule has 17 heavy (non-hydrogen) atoms. The second kappa shape index (κ2) is 5.04. The molecule has 3 nitrogen and oxygen atoms in total. The van der Waals surface area contributed by atoms with Gasteiger partial charge < -0.3 is 10.5 Å². The molecule has 2 N–H and O–H groups in total. The molecule has 0 fully saturated rings. The van der Waals surface area contributed by atoms with Crippen LogP contribution in [0.4, 0.5) is 5.69 Å². The first-order valence-electron chi connectivity index (χ1n) is 5.94. The Bertz CT molecular complexity index is 509. The Balaban J connectivity index is 2.26. The average molecular weight is 230 g/mol. The van der Waals surface area contributed by atoms with Crippen molar-refractivity contribution in [1.29, 1.82) is 0 Å². The first-order chi connectivity index (χ1) is 8.18. The Labute approximate surface area is 102 Å². The van der Waals surface area contributed by atoms with Crippen molar-refractivity contribution in [2.45, 2.75) is 20.3 Å². The highest BCUT2D eigenvalue weighted by molar-refractivity contribution is 5.94. The molecule has 2 aromatic rings. The van der Waals surface area contributed by atoms with E-state index < -0.39 is 0 Å². The van der Waals surface area contributed by atoms with E-state index in [-0.39, 0.29) is 0 Å². The van der Waals surface area contributed by atoms with Gasteiger partial charge in [-0.05, 0) is 36.6 Å². The van der Waals surface area contributed by atoms with Crippen LogP contribution < -0.4 is 10.5 Å². The largest absolute Gasteiger partial charge is 0.491 e. The summed E-state index contributed by atoms with van der Waals surface area (Å²) in [5.41, 5.74) is 7.49. The van der Waals surface area contributed by atoms with Crippen LogP contribution in [-0.4, -0.2) is 11.6 Å². The van der Waals surface area contributed by atoms with Crippen LogP contribution in [-0.2, 0) is 0 Å². The molecule has 1 aromatic carbocycles. The fourth-order valence-electron chi connectivity index (χ4n) is 1.69. The van der Waals surface area contributed by atoms with E-state index in [1.807, 2.05) is 24.3 Å². The van der Waals surface area contributed by atoms with Crippen molar-refractivity contribution in [2.24, 2.45) is 5.92 Å². The molecule has 0 amide bonds. The Hall–Kier alpha value is -1.77. The number of aromatic nitrogens is 1. The molecule has 0 atom stereocenters. The number of benzene rings is 1. The van der Waals surface area contributed by atoms with E-state index in [0.717, 1.165) is 28.8 Å². The number of rotatable bonds is 4. The molecule has 1 heterocycles. The van der Waals surface area contributed by atoms with Crippen LogP contribution in [0, 0.1) is 5.92 Å². The van der Waals surface area contributed by atoms with Crippen LogP contribution in [0.5, 0.6) is 5.75 Å². The predicted octanol–water partition coefficient (Wildman–Crippen LogP) is 3.24. The summed E-state index contributed by atoms with van der Waals surface area (Å²) in [4.78, 5) is 4.33. The van der Waals surface area contributed by atoms with Crippen molar-refractivity contribution < 1.29 is 4.74 Å². The molecular formula is C14H18N2O. The van der Waals surface area contributed by atoms with Crippen LogP contribution in [0.25, 0.3) is 10.9 Å². The molecule has 0 unspecified atom stereocenters. The van der Waals surface area contributed by atoms with E-state index in [9.17, 15) is 0 Å². The summed E-state index contributed by atoms with van der Waals surface area (Å²) in [5.74, 6) is 1.46. The first-order valence-corrected chi connectivity index (χ1v) is 5.94. The number of hydrogen-bond acceptors (Lipinski definition) is 3. The molecule has 0 radical (unpaired) electrons. The zero-order chi connectivity index (χ0) is 12.3. The van der Waals surface area contributed by atoms with Gasteiger partial charge in [0.15, 0.2) is 0 Å². The predicted molar refractivity (Wildman–Crippen MR) is 71.1 cm³/mol. The van der Waals surface area contributed by atoms with Gasteiger partial charge in [0.05, 0.1) is 6.61 Å². The number of fused-ring (bicyclic) bond motifs is 1. The molecule has 0 aliphatic carbocycles. The fourth-order valence-corrected chi connectivity index (χ4v) is 1.69. The molecule has 0 spiro atoms. The van der Waals surface area contributed by atoms with Crippen molar-refractivity contribution in [3.05, 3.63) is 30.5 Å². The summed E-state index contributed by atoms with van der Waals surface area (Å²) >= 11 is 0. The third-order valence-electron chi connectivity index (χ3n) is 2.72. The van der Waals surface area contributed by atoms with Crippen molar-refractivity contribution >= 4 is 16.6 Å². The summed E-state index contributed by atoms with van der Waals surface area (Å²) < 4.78 is 5.77. The lowest BCUT2D eigenvalue weighted by Gasteiger charge is -2.11. The van der Waals surface area contributed by atoms with Crippen LogP contribution in [0.15, 0.2) is 30.5 Å². The Morgan fingerprint density at radius 2 is 2.12 bits per heavy atom. The summed E-state index contributed by atoms with van der Waals surface area (Å²) in [7, 11) is 0. The molecule has 3 heteroatoms. The standard InChI is InChI=1S/C14H18N2O/c1-10(2)7-9-17-13-6-5-12(15)11-4-3-8-16-14(11)13/h3-6,8,10H,7,9,15H2,1-2H3. The van der Waals surface area contributed by atoms with Gasteiger partial charge in [0.1, 0.15) is 11.3 Å². The number of nitrogen functional groups attached to an aromatic ring is 1. The highest BCUT2D eigenvalue weighted by atomic mass is 16.5. The van der Waals surface area contributed by atoms with E-state index in [2.05, 4.69) is 18.8 Å². The quantitative estimate of drug-likeness (QED) is 0.820. The molecule has 2 rings (SSSR count). The Kier molecular flexibility index (Phi) is 3.47. The topological polar surface area (TPSA) is 48.1 Å². The monoisotopic (exact) mass is 230 g/mol. The van der Waals surface area contributed by atoms with Gasteiger partial charge in [-0.3, -0.25) is 4.98 Å². The second-order valence-electron chi connectivity index (χ2n) is 4.58. The Morgan fingerprint density at radius 3 is 2.88 bits per heavy atom. The van der Waals surface area contributed by atoms with E-state index >= 15 is 0 Å². The molecular weight excluding hydrogens is 212 g/mol. The Morgan fingerprint density at radius 1 is 1.29 bits per heavy atom. The second-order valence-corrected chi connectivity index (χ2v) is 4.58. The van der Waals surface area contributed by atoms with Gasteiger partial charge in [-0.25, -0.2) is 0 Å². The summed E-state index contributed by atoms with van der Waals surface area (Å²) in [6.45, 7) is 5.08. The first kappa shape index (κ1) is 11.7. The number of nitrogens with two attached hydrogens (primary N) is 1. The van der Waals surface area contributed by atoms with Gasteiger partial charge in [0.25, 0.3) is 0 Å². The average Bonchev–Trinajstić information content (AvgIpc) is 2.32. The van der Waals surface area contributed by atoms with E-state index in [1.54, 1.807) is 6.20 Å². The van der Waals surface area contributed by atoms with E-state index in [0.29, 0.717) is 12.5 Å². The van der Waals surface area contributed by atoms with Gasteiger partial charge in [-0.2, -0.15) is 0 Å². The minimum Gasteiger partial charge on any atom is -0.491 e. The van der Waals surface area contributed by atoms with E-state index in [1.165, 1.54) is 0 Å². The number of pyridine rings is 1. The highest BCUT2D eigenvalue weighted by Crippen LogP contribution is 2.28. The van der Waals surface area contributed by atoms with Crippen LogP contribution in [0.3, 0.4) is 0 Å². The fraction of sp³-hybridized carbons (Fsp3) is 0.357. The summed E-state index contributed by atoms with van der Waals surface area (Å²) in [6, 6.07) is 7.61. The van der Waals surface area contributed by atoms with Gasteiger partial charge in [0, 0.05) is 17.3 Å². The minimum absolute atomic E-state index is 0.642. The third kappa shape index (κ3) is 2.67. The van der Waals surface area contributed by atoms with E-state index in [4.69, 9.17) is 10.5 Å². The van der Waals surface area contributed by atoms with Crippen LogP contribution in [0.2, 0.25) is 0 Å². The van der Waals surface area contributed by atoms with Crippen molar-refractivity contribution in [2.75, 3.05) is 12.3 Å². The lowest BCUT2D eigenvalue weighted by molar-refractivity contribution is 0.292. The van der Waals surface area contributed by atoms with Crippen molar-refractivity contribution in [3.8, 4) is 5.75 Å². The smallest absolute Gasteiger partial charge is 0.145 e. The van der Waals surface area contributed by atoms with Crippen LogP contribution >= 0.6 is 0 Å². The maximum absolute atomic E-state index is 5.91. The zero-order valence-electron chi connectivity index (χ0n) is 10.3. The van der Waals surface area contributed by atoms with Gasteiger partial charge in [-0.15, -0.1) is 0 Å². The summed E-state index contributed by atoms with van der Waals surface area (Å²) in [6.07, 6.45) is 2.80. The summed E-state index contributed by atoms with van der Waals surface area (Å²) in [5, 5.41) is 0.953. The van der Waals surface area contributed by atoms with Gasteiger partial charge >= 0.3 is 0 Å². The molecule has 0 saturated carbocycles. The maximum atomic E-state index is 5.91. The number of ether oxygens (including phenoxy) is 1. The lowest BCUT2D eigenvalue weighted by Crippen LogP contribution is -2.02. The molecule has 1 aromatic heterocycles. The maximum Gasteiger partial charge on any atom is 0.145 e. The third-order valence-corrected chi connectivity index (χ3v) is 2.72. The lowest BCUT2D eigenvalue weighted by atomic mass is 10.1. The molecule has 0 saturated heterocycles. The van der Waals surface area contributed by atoms with Crippen molar-refractivity contribution in [3.63, 3.8) is 0 Å². The molecule has 0 aliphatic rings. The van der Waals surface area contributed by atoms with Crippen LogP contribution in [0.1, 0.15) is 20.3 Å². The van der Waals surface area contributed by atoms with Crippen molar-refractivity contribution in [1.82, 2.24) is 4.98 Å². The highest BCUT2D eigenvalue weighted by Gasteiger charge is 2.06. The SMILES string of the molecule is CC(C)CCOc1ccc(N)c2cccnc12. The molecule has 0 bridgehead atoms. The van der Waals surface area contributed by atoms with Gasteiger partial charge in [0.2, 0.25) is 0 Å². The normalized spacial score (nSPS) is 11.0. The zero-order valence-corrected chi connectivity index (χ0v) is 10.3. The number of hydrogen-bond donors (Lipinski definition) is 1. The minimum atomic E-state index is 0.642.